The lowest BCUT2D eigenvalue weighted by atomic mass is 9.98. The third-order valence-electron chi connectivity index (χ3n) is 6.44. The second-order valence-electron chi connectivity index (χ2n) is 10.2. The van der Waals surface area contributed by atoms with Crippen LogP contribution in [0.25, 0.3) is 11.3 Å². The van der Waals surface area contributed by atoms with E-state index in [2.05, 4.69) is 11.9 Å². The molecule has 8 nitrogen and oxygen atoms in total. The van der Waals surface area contributed by atoms with Gasteiger partial charge in [-0.15, -0.1) is 0 Å². The van der Waals surface area contributed by atoms with Gasteiger partial charge < -0.3 is 15.4 Å². The van der Waals surface area contributed by atoms with Crippen LogP contribution in [0.4, 0.5) is 16.0 Å². The molecule has 2 aromatic heterocycles. The second kappa shape index (κ2) is 11.5. The van der Waals surface area contributed by atoms with Crippen molar-refractivity contribution in [2.24, 2.45) is 11.8 Å². The van der Waals surface area contributed by atoms with Crippen molar-refractivity contribution < 1.29 is 22.3 Å². The first-order valence-corrected chi connectivity index (χ1v) is 14.4. The summed E-state index contributed by atoms with van der Waals surface area (Å²) >= 11 is 0. The molecule has 0 unspecified atom stereocenters. The van der Waals surface area contributed by atoms with Crippen molar-refractivity contribution in [2.75, 3.05) is 36.1 Å². The van der Waals surface area contributed by atoms with Crippen LogP contribution in [0.2, 0.25) is 0 Å². The van der Waals surface area contributed by atoms with Gasteiger partial charge in [0.2, 0.25) is 9.84 Å². The molecule has 0 spiro atoms. The number of piperidine rings is 1. The molecule has 0 atom stereocenters. The number of nitrogens with zero attached hydrogens (tertiary/aromatic N) is 3. The molecule has 202 valence electrons. The van der Waals surface area contributed by atoms with Crippen molar-refractivity contribution in [3.8, 4) is 17.0 Å². The van der Waals surface area contributed by atoms with Crippen LogP contribution in [0, 0.1) is 17.7 Å². The number of benzene rings is 1. The minimum Gasteiger partial charge on any atom is -0.493 e. The van der Waals surface area contributed by atoms with E-state index in [0.29, 0.717) is 48.8 Å². The molecule has 3 heterocycles. The minimum atomic E-state index is -4.04. The Morgan fingerprint density at radius 1 is 1.13 bits per heavy atom. The molecule has 38 heavy (non-hydrogen) atoms. The highest BCUT2D eigenvalue weighted by Gasteiger charge is 2.28. The summed E-state index contributed by atoms with van der Waals surface area (Å²) < 4.78 is 46.6. The summed E-state index contributed by atoms with van der Waals surface area (Å²) in [5.74, 6) is -0.120. The zero-order chi connectivity index (χ0) is 27.4. The number of Topliss-reactive ketones (excluding diaryl/α,β-unsaturated/α-hetero) is 1. The molecule has 4 rings (SSSR count). The smallest absolute Gasteiger partial charge is 0.203 e. The lowest BCUT2D eigenvalue weighted by Gasteiger charge is -2.32. The van der Waals surface area contributed by atoms with Gasteiger partial charge in [-0.1, -0.05) is 26.8 Å². The maximum Gasteiger partial charge on any atom is 0.203 e. The molecule has 10 heteroatoms. The van der Waals surface area contributed by atoms with Crippen molar-refractivity contribution in [1.29, 1.82) is 0 Å². The number of nitrogen functional groups attached to an aromatic ring is 1. The van der Waals surface area contributed by atoms with Crippen LogP contribution in [-0.2, 0) is 9.84 Å². The average Bonchev–Trinajstić information content (AvgIpc) is 2.88. The number of sulfone groups is 1. The average molecular weight is 541 g/mol. The molecule has 0 saturated carbocycles. The summed E-state index contributed by atoms with van der Waals surface area (Å²) in [5.41, 5.74) is 6.39. The molecule has 1 aliphatic rings. The number of halogens is 1. The number of anilines is 2. The Morgan fingerprint density at radius 2 is 1.87 bits per heavy atom. The highest BCUT2D eigenvalue weighted by Crippen LogP contribution is 2.32. The normalized spacial score (nSPS) is 14.6. The van der Waals surface area contributed by atoms with Gasteiger partial charge in [-0.05, 0) is 67.1 Å². The van der Waals surface area contributed by atoms with Crippen LogP contribution in [0.3, 0.4) is 0 Å². The van der Waals surface area contributed by atoms with Crippen LogP contribution < -0.4 is 15.4 Å². The number of hydrogen-bond donors (Lipinski definition) is 1. The van der Waals surface area contributed by atoms with Gasteiger partial charge in [0.15, 0.2) is 10.8 Å². The van der Waals surface area contributed by atoms with Crippen LogP contribution in [0.5, 0.6) is 5.75 Å². The maximum absolute atomic E-state index is 14.9. The Morgan fingerprint density at radius 3 is 2.55 bits per heavy atom. The summed E-state index contributed by atoms with van der Waals surface area (Å²) in [7, 11) is -4.04. The Bertz CT molecular complexity index is 1420. The van der Waals surface area contributed by atoms with E-state index in [1.54, 1.807) is 18.2 Å². The van der Waals surface area contributed by atoms with Gasteiger partial charge in [-0.25, -0.2) is 22.8 Å². The maximum atomic E-state index is 14.9. The van der Waals surface area contributed by atoms with Gasteiger partial charge in [0.05, 0.1) is 17.9 Å². The van der Waals surface area contributed by atoms with Crippen molar-refractivity contribution in [2.45, 2.75) is 38.6 Å². The molecule has 0 amide bonds. The topological polar surface area (TPSA) is 115 Å². The molecule has 1 aromatic carbocycles. The number of carbonyl (C=O) groups excluding carboxylic acids is 1. The van der Waals surface area contributed by atoms with E-state index in [1.807, 2.05) is 18.7 Å². The summed E-state index contributed by atoms with van der Waals surface area (Å²) in [4.78, 5) is 23.9. The quantitative estimate of drug-likeness (QED) is 0.385. The number of carbonyl (C=O) groups is 1. The Hall–Kier alpha value is -3.53. The fourth-order valence-corrected chi connectivity index (χ4v) is 5.44. The lowest BCUT2D eigenvalue weighted by Crippen LogP contribution is -2.35. The monoisotopic (exact) mass is 540 g/mol. The number of ether oxygens (including phenoxy) is 1. The predicted octanol–water partition coefficient (Wildman–Crippen LogP) is 4.79. The molecular weight excluding hydrogens is 507 g/mol. The van der Waals surface area contributed by atoms with Gasteiger partial charge in [0.25, 0.3) is 0 Å². The number of rotatable bonds is 9. The zero-order valence-corrected chi connectivity index (χ0v) is 22.7. The van der Waals surface area contributed by atoms with Gasteiger partial charge in [0, 0.05) is 18.7 Å². The SMILES string of the molecule is CC(C)COc1ccc(F)c(-c2ccc(C(=O)CS(=O)(=O)c3cccc(N)n3)c(N3CCC(C)CC3)n2)c1. The summed E-state index contributed by atoms with van der Waals surface area (Å²) in [6.45, 7) is 8.01. The minimum absolute atomic E-state index is 0.0503. The van der Waals surface area contributed by atoms with Gasteiger partial charge in [0.1, 0.15) is 29.0 Å². The molecule has 0 aliphatic carbocycles. The summed E-state index contributed by atoms with van der Waals surface area (Å²) in [6.07, 6.45) is 1.80. The van der Waals surface area contributed by atoms with Crippen molar-refractivity contribution in [1.82, 2.24) is 9.97 Å². The fraction of sp³-hybridized carbons (Fsp3) is 0.393. The van der Waals surface area contributed by atoms with Gasteiger partial charge in [-0.3, -0.25) is 4.79 Å². The van der Waals surface area contributed by atoms with Crippen molar-refractivity contribution in [3.05, 3.63) is 59.9 Å². The van der Waals surface area contributed by atoms with Crippen LogP contribution in [0.15, 0.2) is 53.6 Å². The van der Waals surface area contributed by atoms with E-state index >= 15 is 0 Å². The molecular formula is C28H33FN4O4S. The lowest BCUT2D eigenvalue weighted by molar-refractivity contribution is 0.102. The van der Waals surface area contributed by atoms with Crippen molar-refractivity contribution in [3.63, 3.8) is 0 Å². The molecule has 1 saturated heterocycles. The van der Waals surface area contributed by atoms with E-state index in [0.717, 1.165) is 12.8 Å². The van der Waals surface area contributed by atoms with Crippen LogP contribution in [0.1, 0.15) is 44.0 Å². The first-order valence-electron chi connectivity index (χ1n) is 12.7. The molecule has 0 radical (unpaired) electrons. The van der Waals surface area contributed by atoms with Gasteiger partial charge >= 0.3 is 0 Å². The van der Waals surface area contributed by atoms with Crippen LogP contribution >= 0.6 is 0 Å². The first-order chi connectivity index (χ1) is 18.0. The summed E-state index contributed by atoms with van der Waals surface area (Å²) in [6, 6.07) is 11.8. The molecule has 2 N–H and O–H groups in total. The molecule has 1 aliphatic heterocycles. The summed E-state index contributed by atoms with van der Waals surface area (Å²) in [5, 5.41) is -0.260. The Balaban J connectivity index is 1.71. The molecule has 3 aromatic rings. The largest absolute Gasteiger partial charge is 0.493 e. The highest BCUT2D eigenvalue weighted by atomic mass is 32.2. The van der Waals surface area contributed by atoms with Crippen molar-refractivity contribution >= 4 is 27.3 Å². The fourth-order valence-electron chi connectivity index (χ4n) is 4.26. The van der Waals surface area contributed by atoms with E-state index < -0.39 is 27.2 Å². The Kier molecular flexibility index (Phi) is 8.30. The number of hydrogen-bond acceptors (Lipinski definition) is 8. The third kappa shape index (κ3) is 6.48. The Labute approximate surface area is 223 Å². The molecule has 1 fully saturated rings. The first kappa shape index (κ1) is 27.5. The third-order valence-corrected chi connectivity index (χ3v) is 7.95. The number of ketones is 1. The molecule has 0 bridgehead atoms. The van der Waals surface area contributed by atoms with Gasteiger partial charge in [-0.2, -0.15) is 0 Å². The van der Waals surface area contributed by atoms with E-state index in [-0.39, 0.29) is 22.0 Å². The number of aromatic nitrogens is 2. The number of nitrogens with two attached hydrogens (primary N) is 1. The zero-order valence-electron chi connectivity index (χ0n) is 21.9. The standard InChI is InChI=1S/C28H33FN4O4S/c1-18(2)16-37-20-7-9-23(29)22(15-20)24-10-8-21(28(31-24)33-13-11-19(3)12-14-33)25(34)17-38(35,36)27-6-4-5-26(30)32-27/h4-10,15,18-19H,11-14,16-17H2,1-3H3,(H2,30,32). The highest BCUT2D eigenvalue weighted by molar-refractivity contribution is 7.92. The van der Waals surface area contributed by atoms with E-state index in [1.165, 1.54) is 30.3 Å². The second-order valence-corrected chi connectivity index (χ2v) is 12.1. The predicted molar refractivity (Wildman–Crippen MR) is 146 cm³/mol. The van der Waals surface area contributed by atoms with E-state index in [9.17, 15) is 17.6 Å². The van der Waals surface area contributed by atoms with E-state index in [4.69, 9.17) is 15.5 Å². The van der Waals surface area contributed by atoms with Crippen LogP contribution in [-0.4, -0.2) is 49.6 Å². The number of pyridine rings is 2.